The topological polar surface area (TPSA) is 20.3 Å². The Labute approximate surface area is 63.2 Å². The fourth-order valence-corrected chi connectivity index (χ4v) is 0.747. The molecule has 0 bridgehead atoms. The van der Waals surface area contributed by atoms with Crippen molar-refractivity contribution >= 4 is 6.41 Å². The molecule has 0 aromatic rings. The van der Waals surface area contributed by atoms with Crippen molar-refractivity contribution < 1.29 is 4.79 Å². The number of rotatable bonds is 4. The summed E-state index contributed by atoms with van der Waals surface area (Å²) in [6.07, 6.45) is 1.92. The minimum Gasteiger partial charge on any atom is -0.332 e. The molecule has 0 aromatic heterocycles. The van der Waals surface area contributed by atoms with Crippen LogP contribution in [0.3, 0.4) is 0 Å². The summed E-state index contributed by atoms with van der Waals surface area (Å²) in [5.41, 5.74) is 0. The number of carbonyl (C=O) groups excluding carboxylic acids is 1. The highest BCUT2D eigenvalue weighted by Gasteiger charge is 2.08. The minimum atomic E-state index is 0.278. The molecule has 10 heavy (non-hydrogen) atoms. The van der Waals surface area contributed by atoms with Crippen LogP contribution >= 0.6 is 0 Å². The summed E-state index contributed by atoms with van der Waals surface area (Å²) in [5.74, 6) is 0.531. The quantitative estimate of drug-likeness (QED) is 0.544. The van der Waals surface area contributed by atoms with Crippen LogP contribution in [0.15, 0.2) is 0 Å². The average Bonchev–Trinajstić information content (AvgIpc) is 1.81. The maximum atomic E-state index is 10.3. The minimum absolute atomic E-state index is 0.278. The van der Waals surface area contributed by atoms with Crippen LogP contribution < -0.4 is 0 Å². The van der Waals surface area contributed by atoms with Crippen molar-refractivity contribution in [1.29, 1.82) is 0 Å². The molecule has 0 heterocycles. The van der Waals surface area contributed by atoms with E-state index in [1.54, 1.807) is 4.90 Å². The van der Waals surface area contributed by atoms with E-state index >= 15 is 0 Å². The summed E-state index contributed by atoms with van der Waals surface area (Å²) in [7, 11) is 0. The van der Waals surface area contributed by atoms with Crippen LogP contribution in [0.2, 0.25) is 0 Å². The van der Waals surface area contributed by atoms with E-state index in [-0.39, 0.29) is 6.04 Å². The van der Waals surface area contributed by atoms with Crippen LogP contribution in [0.4, 0.5) is 0 Å². The standard InChI is InChI=1S/C8H16NO/c1-7(2)5-9(6-10)8(3)4/h7-8H,5H2,1-4H3. The lowest BCUT2D eigenvalue weighted by Crippen LogP contribution is -2.32. The van der Waals surface area contributed by atoms with Crippen LogP contribution in [-0.2, 0) is 4.79 Å². The third kappa shape index (κ3) is 3.49. The van der Waals surface area contributed by atoms with Gasteiger partial charge in [0.1, 0.15) is 0 Å². The van der Waals surface area contributed by atoms with Gasteiger partial charge in [-0.3, -0.25) is 4.79 Å². The van der Waals surface area contributed by atoms with Crippen LogP contribution in [0.5, 0.6) is 0 Å². The Morgan fingerprint density at radius 3 is 1.90 bits per heavy atom. The smallest absolute Gasteiger partial charge is 0.312 e. The Bertz CT molecular complexity index is 99.4. The van der Waals surface area contributed by atoms with Gasteiger partial charge in [-0.1, -0.05) is 13.8 Å². The molecule has 0 aliphatic heterocycles. The summed E-state index contributed by atoms with van der Waals surface area (Å²) in [6, 6.07) is 0.278. The van der Waals surface area contributed by atoms with E-state index in [9.17, 15) is 4.79 Å². The first kappa shape index (κ1) is 9.47. The van der Waals surface area contributed by atoms with Crippen molar-refractivity contribution in [3.8, 4) is 0 Å². The molecule has 1 radical (unpaired) electrons. The van der Waals surface area contributed by atoms with Crippen molar-refractivity contribution in [2.75, 3.05) is 6.54 Å². The molecule has 1 amide bonds. The molecule has 0 aliphatic rings. The van der Waals surface area contributed by atoms with Gasteiger partial charge in [0.25, 0.3) is 0 Å². The second kappa shape index (κ2) is 4.31. The normalized spacial score (nSPS) is 10.6. The molecule has 0 fully saturated rings. The van der Waals surface area contributed by atoms with Gasteiger partial charge < -0.3 is 4.90 Å². The van der Waals surface area contributed by atoms with E-state index < -0.39 is 0 Å². The molecule has 0 N–H and O–H groups in total. The maximum Gasteiger partial charge on any atom is 0.312 e. The lowest BCUT2D eigenvalue weighted by atomic mass is 10.2. The van der Waals surface area contributed by atoms with E-state index in [1.807, 2.05) is 20.3 Å². The zero-order valence-electron chi connectivity index (χ0n) is 7.22. The third-order valence-corrected chi connectivity index (χ3v) is 1.30. The van der Waals surface area contributed by atoms with Gasteiger partial charge >= 0.3 is 6.41 Å². The van der Waals surface area contributed by atoms with E-state index in [4.69, 9.17) is 0 Å². The molecule has 2 nitrogen and oxygen atoms in total. The van der Waals surface area contributed by atoms with Gasteiger partial charge in [0.15, 0.2) is 0 Å². The molecule has 0 rings (SSSR count). The van der Waals surface area contributed by atoms with E-state index in [0.29, 0.717) is 5.92 Å². The molecule has 0 unspecified atom stereocenters. The molecule has 0 aromatic carbocycles. The van der Waals surface area contributed by atoms with Crippen LogP contribution in [0.1, 0.15) is 27.7 Å². The molecule has 0 aliphatic carbocycles. The van der Waals surface area contributed by atoms with E-state index in [0.717, 1.165) is 6.54 Å². The first-order chi connectivity index (χ1) is 4.57. The molecule has 2 heteroatoms. The molecular formula is C8H16NO. The predicted molar refractivity (Wildman–Crippen MR) is 42.4 cm³/mol. The highest BCUT2D eigenvalue weighted by atomic mass is 16.1. The average molecular weight is 142 g/mol. The van der Waals surface area contributed by atoms with Gasteiger partial charge in [0.05, 0.1) is 0 Å². The maximum absolute atomic E-state index is 10.3. The van der Waals surface area contributed by atoms with Gasteiger partial charge in [0, 0.05) is 12.6 Å². The molecule has 59 valence electrons. The van der Waals surface area contributed by atoms with Crippen molar-refractivity contribution in [3.63, 3.8) is 0 Å². The number of hydrogen-bond donors (Lipinski definition) is 0. The zero-order chi connectivity index (χ0) is 8.15. The lowest BCUT2D eigenvalue weighted by molar-refractivity contribution is 0.293. The van der Waals surface area contributed by atoms with Crippen molar-refractivity contribution in [1.82, 2.24) is 4.90 Å². The first-order valence-electron chi connectivity index (χ1n) is 3.72. The monoisotopic (exact) mass is 142 g/mol. The fraction of sp³-hybridized carbons (Fsp3) is 0.875. The molecule has 0 atom stereocenters. The second-order valence-corrected chi connectivity index (χ2v) is 3.23. The largest absolute Gasteiger partial charge is 0.332 e. The second-order valence-electron chi connectivity index (χ2n) is 3.23. The molecule has 0 saturated heterocycles. The van der Waals surface area contributed by atoms with Crippen LogP contribution in [-0.4, -0.2) is 23.9 Å². The van der Waals surface area contributed by atoms with Gasteiger partial charge in [0.2, 0.25) is 0 Å². The van der Waals surface area contributed by atoms with E-state index in [2.05, 4.69) is 13.8 Å². The summed E-state index contributed by atoms with van der Waals surface area (Å²) < 4.78 is 0. The van der Waals surface area contributed by atoms with Gasteiger partial charge in [-0.15, -0.1) is 0 Å². The Hall–Kier alpha value is -0.530. The molecule has 0 saturated carbocycles. The third-order valence-electron chi connectivity index (χ3n) is 1.30. The highest BCUT2D eigenvalue weighted by Crippen LogP contribution is 2.00. The predicted octanol–water partition coefficient (Wildman–Crippen LogP) is 1.42. The highest BCUT2D eigenvalue weighted by molar-refractivity contribution is 5.48. The van der Waals surface area contributed by atoms with Gasteiger partial charge in [-0.25, -0.2) is 0 Å². The SMILES string of the molecule is CC(C)CN([C]=O)C(C)C. The number of amides is 1. The van der Waals surface area contributed by atoms with Crippen LogP contribution in [0, 0.1) is 5.92 Å². The van der Waals surface area contributed by atoms with E-state index in [1.165, 1.54) is 0 Å². The summed E-state index contributed by atoms with van der Waals surface area (Å²) in [5, 5.41) is 0. The Kier molecular flexibility index (Phi) is 4.08. The van der Waals surface area contributed by atoms with Gasteiger partial charge in [-0.2, -0.15) is 0 Å². The number of hydrogen-bond acceptors (Lipinski definition) is 1. The Balaban J connectivity index is 3.71. The Morgan fingerprint density at radius 2 is 1.80 bits per heavy atom. The molecular weight excluding hydrogens is 126 g/mol. The number of nitrogens with zero attached hydrogens (tertiary/aromatic N) is 1. The van der Waals surface area contributed by atoms with Gasteiger partial charge in [-0.05, 0) is 19.8 Å². The Morgan fingerprint density at radius 1 is 1.30 bits per heavy atom. The summed E-state index contributed by atoms with van der Waals surface area (Å²) >= 11 is 0. The van der Waals surface area contributed by atoms with Crippen LogP contribution in [0.25, 0.3) is 0 Å². The fourth-order valence-electron chi connectivity index (χ4n) is 0.747. The summed E-state index contributed by atoms with van der Waals surface area (Å²) in [4.78, 5) is 12.0. The lowest BCUT2D eigenvalue weighted by Gasteiger charge is -2.22. The molecule has 0 spiro atoms. The van der Waals surface area contributed by atoms with Crippen molar-refractivity contribution in [2.24, 2.45) is 5.92 Å². The van der Waals surface area contributed by atoms with Crippen molar-refractivity contribution in [2.45, 2.75) is 33.7 Å². The zero-order valence-corrected chi connectivity index (χ0v) is 7.22. The summed E-state index contributed by atoms with van der Waals surface area (Å²) in [6.45, 7) is 8.97. The van der Waals surface area contributed by atoms with Crippen molar-refractivity contribution in [3.05, 3.63) is 0 Å². The first-order valence-corrected chi connectivity index (χ1v) is 3.72.